The minimum Gasteiger partial charge on any atom is -0.398 e. The van der Waals surface area contributed by atoms with Gasteiger partial charge in [-0.05, 0) is 43.9 Å². The predicted octanol–water partition coefficient (Wildman–Crippen LogP) is 4.34. The van der Waals surface area contributed by atoms with E-state index in [1.165, 1.54) is 6.07 Å². The van der Waals surface area contributed by atoms with E-state index in [1.807, 2.05) is 0 Å². The summed E-state index contributed by atoms with van der Waals surface area (Å²) in [6.45, 7) is 0. The lowest BCUT2D eigenvalue weighted by atomic mass is 9.97. The predicted molar refractivity (Wildman–Crippen MR) is 74.8 cm³/mol. The average molecular weight is 305 g/mol. The van der Waals surface area contributed by atoms with Crippen LogP contribution in [0.4, 0.5) is 18.9 Å². The molecule has 1 saturated carbocycles. The van der Waals surface area contributed by atoms with Crippen molar-refractivity contribution in [3.05, 3.63) is 23.8 Å². The van der Waals surface area contributed by atoms with E-state index in [0.29, 0.717) is 5.25 Å². The van der Waals surface area contributed by atoms with Gasteiger partial charge in [0.25, 0.3) is 0 Å². The van der Waals surface area contributed by atoms with Crippen molar-refractivity contribution < 1.29 is 17.9 Å². The highest BCUT2D eigenvalue weighted by atomic mass is 32.2. The van der Waals surface area contributed by atoms with Crippen LogP contribution in [0.3, 0.4) is 0 Å². The number of benzene rings is 1. The number of nitrogens with two attached hydrogens (primary N) is 1. The van der Waals surface area contributed by atoms with Gasteiger partial charge in [0.2, 0.25) is 0 Å². The van der Waals surface area contributed by atoms with Crippen molar-refractivity contribution in [3.8, 4) is 0 Å². The molecular formula is C14H18F3NOS. The molecule has 112 valence electrons. The first-order chi connectivity index (χ1) is 9.40. The number of halogens is 3. The van der Waals surface area contributed by atoms with Gasteiger partial charge in [-0.15, -0.1) is 11.8 Å². The van der Waals surface area contributed by atoms with E-state index < -0.39 is 11.7 Å². The molecule has 0 spiro atoms. The summed E-state index contributed by atoms with van der Waals surface area (Å²) in [4.78, 5) is 0.722. The fourth-order valence-electron chi connectivity index (χ4n) is 2.43. The van der Waals surface area contributed by atoms with Gasteiger partial charge in [0, 0.05) is 22.9 Å². The number of anilines is 1. The molecule has 1 fully saturated rings. The Morgan fingerprint density at radius 1 is 1.30 bits per heavy atom. The van der Waals surface area contributed by atoms with Crippen LogP contribution in [-0.4, -0.2) is 18.5 Å². The van der Waals surface area contributed by atoms with Crippen molar-refractivity contribution in [2.45, 2.75) is 48.1 Å². The number of nitrogen functional groups attached to an aromatic ring is 1. The summed E-state index contributed by atoms with van der Waals surface area (Å²) in [7, 11) is 1.70. The number of thioether (sulfide) groups is 1. The smallest absolute Gasteiger partial charge is 0.398 e. The van der Waals surface area contributed by atoms with Crippen LogP contribution in [0, 0.1) is 0 Å². The van der Waals surface area contributed by atoms with Gasteiger partial charge in [0.05, 0.1) is 11.7 Å². The van der Waals surface area contributed by atoms with Gasteiger partial charge in [0.1, 0.15) is 0 Å². The number of hydrogen-bond acceptors (Lipinski definition) is 3. The Morgan fingerprint density at radius 3 is 2.65 bits per heavy atom. The van der Waals surface area contributed by atoms with E-state index in [9.17, 15) is 13.2 Å². The Kier molecular flexibility index (Phi) is 4.86. The summed E-state index contributed by atoms with van der Waals surface area (Å²) in [5.74, 6) is 0. The van der Waals surface area contributed by atoms with Crippen molar-refractivity contribution in [2.24, 2.45) is 0 Å². The number of ether oxygens (including phenoxy) is 1. The number of hydrogen-bond donors (Lipinski definition) is 1. The highest BCUT2D eigenvalue weighted by Crippen LogP contribution is 2.39. The molecule has 0 bridgehead atoms. The molecule has 0 aromatic heterocycles. The van der Waals surface area contributed by atoms with Crippen molar-refractivity contribution in [3.63, 3.8) is 0 Å². The lowest BCUT2D eigenvalue weighted by Gasteiger charge is -2.28. The van der Waals surface area contributed by atoms with Crippen molar-refractivity contribution in [1.82, 2.24) is 0 Å². The highest BCUT2D eigenvalue weighted by molar-refractivity contribution is 8.00. The van der Waals surface area contributed by atoms with Crippen LogP contribution in [-0.2, 0) is 10.9 Å². The maximum absolute atomic E-state index is 12.6. The lowest BCUT2D eigenvalue weighted by Crippen LogP contribution is -2.23. The zero-order valence-electron chi connectivity index (χ0n) is 11.2. The first-order valence-electron chi connectivity index (χ1n) is 6.56. The molecule has 2 atom stereocenters. The molecule has 2 rings (SSSR count). The van der Waals surface area contributed by atoms with E-state index in [1.54, 1.807) is 18.9 Å². The van der Waals surface area contributed by atoms with Crippen LogP contribution in [0.25, 0.3) is 0 Å². The van der Waals surface area contributed by atoms with Crippen LogP contribution in [0.2, 0.25) is 0 Å². The largest absolute Gasteiger partial charge is 0.416 e. The summed E-state index contributed by atoms with van der Waals surface area (Å²) in [5, 5.41) is 0.354. The van der Waals surface area contributed by atoms with Crippen LogP contribution in [0.5, 0.6) is 0 Å². The highest BCUT2D eigenvalue weighted by Gasteiger charge is 2.31. The summed E-state index contributed by atoms with van der Waals surface area (Å²) < 4.78 is 43.1. The Balaban J connectivity index is 2.06. The van der Waals surface area contributed by atoms with Crippen molar-refractivity contribution in [1.29, 1.82) is 0 Å². The third kappa shape index (κ3) is 3.82. The van der Waals surface area contributed by atoms with Crippen molar-refractivity contribution >= 4 is 17.4 Å². The first kappa shape index (κ1) is 15.5. The van der Waals surface area contributed by atoms with Gasteiger partial charge in [-0.25, -0.2) is 0 Å². The zero-order valence-corrected chi connectivity index (χ0v) is 12.1. The van der Waals surface area contributed by atoms with Gasteiger partial charge in [-0.1, -0.05) is 0 Å². The van der Waals surface area contributed by atoms with Gasteiger partial charge in [-0.3, -0.25) is 0 Å². The second kappa shape index (κ2) is 6.26. The van der Waals surface area contributed by atoms with Gasteiger partial charge in [0.15, 0.2) is 0 Å². The van der Waals surface area contributed by atoms with Crippen LogP contribution < -0.4 is 5.73 Å². The van der Waals surface area contributed by atoms with Gasteiger partial charge in [-0.2, -0.15) is 13.2 Å². The Bertz CT molecular complexity index is 464. The molecule has 0 radical (unpaired) electrons. The van der Waals surface area contributed by atoms with E-state index >= 15 is 0 Å². The number of rotatable bonds is 3. The van der Waals surface area contributed by atoms with E-state index in [2.05, 4.69) is 0 Å². The maximum Gasteiger partial charge on any atom is 0.416 e. The molecule has 1 aliphatic rings. The van der Waals surface area contributed by atoms with Gasteiger partial charge < -0.3 is 10.5 Å². The second-order valence-electron chi connectivity index (χ2n) is 5.01. The van der Waals surface area contributed by atoms with Crippen LogP contribution >= 0.6 is 11.8 Å². The summed E-state index contributed by atoms with van der Waals surface area (Å²) in [6, 6.07) is 3.58. The van der Waals surface area contributed by atoms with Crippen molar-refractivity contribution in [2.75, 3.05) is 12.8 Å². The van der Waals surface area contributed by atoms with Crippen LogP contribution in [0.1, 0.15) is 31.2 Å². The third-order valence-electron chi connectivity index (χ3n) is 3.54. The summed E-state index contributed by atoms with van der Waals surface area (Å²) in [6.07, 6.45) is -0.000185. The Morgan fingerprint density at radius 2 is 2.05 bits per heavy atom. The lowest BCUT2D eigenvalue weighted by molar-refractivity contribution is -0.137. The molecule has 1 aromatic carbocycles. The third-order valence-corrected chi connectivity index (χ3v) is 4.93. The molecule has 0 saturated heterocycles. The average Bonchev–Trinajstić information content (AvgIpc) is 2.40. The maximum atomic E-state index is 12.6. The molecule has 0 aliphatic heterocycles. The van der Waals surface area contributed by atoms with E-state index in [0.717, 1.165) is 42.7 Å². The normalized spacial score (nSPS) is 23.8. The molecular weight excluding hydrogens is 287 g/mol. The Hall–Kier alpha value is -0.880. The molecule has 6 heteroatoms. The molecule has 1 aliphatic carbocycles. The second-order valence-corrected chi connectivity index (χ2v) is 6.36. The molecule has 0 heterocycles. The quantitative estimate of drug-likeness (QED) is 0.844. The zero-order chi connectivity index (χ0) is 14.8. The summed E-state index contributed by atoms with van der Waals surface area (Å²) in [5.41, 5.74) is 5.25. The fraction of sp³-hybridized carbons (Fsp3) is 0.571. The molecule has 2 N–H and O–H groups in total. The minimum atomic E-state index is -4.34. The minimum absolute atomic E-state index is 0.198. The topological polar surface area (TPSA) is 35.2 Å². The molecule has 2 nitrogen and oxygen atoms in total. The number of alkyl halides is 3. The fourth-order valence-corrected chi connectivity index (χ4v) is 3.73. The van der Waals surface area contributed by atoms with Gasteiger partial charge >= 0.3 is 6.18 Å². The van der Waals surface area contributed by atoms with E-state index in [-0.39, 0.29) is 11.8 Å². The SMILES string of the molecule is COC1CCCC(Sc2ccc(C(F)(F)F)cc2N)C1. The molecule has 2 unspecified atom stereocenters. The molecule has 20 heavy (non-hydrogen) atoms. The Labute approximate surface area is 120 Å². The monoisotopic (exact) mass is 305 g/mol. The molecule has 1 aromatic rings. The summed E-state index contributed by atoms with van der Waals surface area (Å²) >= 11 is 1.56. The standard InChI is InChI=1S/C14H18F3NOS/c1-19-10-3-2-4-11(8-10)20-13-6-5-9(7-12(13)18)14(15,16)17/h5-7,10-11H,2-4,8,18H2,1H3. The molecule has 0 amide bonds. The number of methoxy groups -OCH3 is 1. The first-order valence-corrected chi connectivity index (χ1v) is 7.44. The van der Waals surface area contributed by atoms with Crippen LogP contribution in [0.15, 0.2) is 23.1 Å². The van der Waals surface area contributed by atoms with E-state index in [4.69, 9.17) is 10.5 Å².